The van der Waals surface area contributed by atoms with Crippen molar-refractivity contribution in [3.8, 4) is 0 Å². The zero-order valence-corrected chi connectivity index (χ0v) is 43.0. The number of rotatable bonds is 45. The average Bonchev–Trinajstić information content (AvgIpc) is 3.34. The highest BCUT2D eigenvalue weighted by atomic mass is 16.6. The lowest BCUT2D eigenvalue weighted by atomic mass is 10.2. The molecule has 0 spiro atoms. The average molecular weight is 931 g/mol. The maximum absolute atomic E-state index is 12.8. The van der Waals surface area contributed by atoms with Crippen LogP contribution in [-0.2, 0) is 23.8 Å². The Hall–Kier alpha value is -5.00. The minimum atomic E-state index is -0.629. The molecule has 0 saturated carbocycles. The van der Waals surface area contributed by atoms with E-state index in [4.69, 9.17) is 14.2 Å². The summed E-state index contributed by atoms with van der Waals surface area (Å²) in [6.45, 7) is 7.23. The van der Waals surface area contributed by atoms with Gasteiger partial charge in [-0.05, 0) is 135 Å². The second-order valence-corrected chi connectivity index (χ2v) is 16.3. The number of carbonyl (C=O) groups excluding carboxylic acids is 2. The molecule has 1 atom stereocenters. The predicted octanol–water partition coefficient (Wildman–Crippen LogP) is 18.2. The fourth-order valence-electron chi connectivity index (χ4n) is 6.15. The first-order valence-electron chi connectivity index (χ1n) is 26.3. The maximum atomic E-state index is 12.8. The maximum Gasteiger partial charge on any atom is 0.306 e. The van der Waals surface area contributed by atoms with E-state index < -0.39 is 6.10 Å². The molecular formula is C63H94O5. The van der Waals surface area contributed by atoms with Crippen molar-refractivity contribution in [3.05, 3.63) is 182 Å². The fourth-order valence-corrected chi connectivity index (χ4v) is 6.15. The Morgan fingerprint density at radius 3 is 1.01 bits per heavy atom. The highest BCUT2D eigenvalue weighted by Gasteiger charge is 2.17. The minimum Gasteiger partial charge on any atom is -0.462 e. The molecule has 5 nitrogen and oxygen atoms in total. The molecule has 5 heteroatoms. The summed E-state index contributed by atoms with van der Waals surface area (Å²) >= 11 is 0. The van der Waals surface area contributed by atoms with Crippen LogP contribution in [0.2, 0.25) is 0 Å². The Balaban J connectivity index is 4.60. The van der Waals surface area contributed by atoms with Crippen LogP contribution in [0.3, 0.4) is 0 Å². The third-order valence-corrected chi connectivity index (χ3v) is 9.93. The monoisotopic (exact) mass is 931 g/mol. The lowest BCUT2D eigenvalue weighted by molar-refractivity contribution is -0.162. The molecule has 1 unspecified atom stereocenters. The van der Waals surface area contributed by atoms with Crippen molar-refractivity contribution >= 4 is 11.9 Å². The predicted molar refractivity (Wildman–Crippen MR) is 297 cm³/mol. The van der Waals surface area contributed by atoms with Crippen LogP contribution in [0.1, 0.15) is 175 Å². The van der Waals surface area contributed by atoms with Gasteiger partial charge in [-0.15, -0.1) is 0 Å². The third kappa shape index (κ3) is 53.6. The molecule has 0 aromatic heterocycles. The van der Waals surface area contributed by atoms with E-state index in [2.05, 4.69) is 197 Å². The number of unbranched alkanes of at least 4 members (excludes halogenated alkanes) is 4. The summed E-state index contributed by atoms with van der Waals surface area (Å²) in [5.74, 6) is -0.599. The molecule has 0 saturated heterocycles. The first-order valence-corrected chi connectivity index (χ1v) is 26.3. The van der Waals surface area contributed by atoms with Crippen molar-refractivity contribution in [1.29, 1.82) is 0 Å². The standard InChI is InChI=1S/C63H94O5/c1-4-7-10-13-16-19-22-25-28-31-32-34-35-38-41-44-47-50-53-56-62(64)67-60-61(59-66-58-55-52-49-46-43-40-37-30-27-24-21-18-15-12-9-6-3)68-63(65)57-54-51-48-45-42-39-36-33-29-26-23-20-17-14-11-8-5-2/h7-12,16-21,25-30,32,34,36,38-41,43,45,47-48,50,61H,4-6,13-15,22-24,31,33,35,37,42,44,46,49,51-60H2,1-3H3/b10-7-,11-8-,12-9-,19-16-,20-17-,21-18-,28-25-,29-26-,30-27-,34-32-,39-36-,41-38-,43-40-,48-45-,50-47-. The first-order chi connectivity index (χ1) is 33.6. The van der Waals surface area contributed by atoms with Crippen LogP contribution in [-0.4, -0.2) is 37.9 Å². The van der Waals surface area contributed by atoms with Crippen molar-refractivity contribution in [1.82, 2.24) is 0 Å². The van der Waals surface area contributed by atoms with Crippen molar-refractivity contribution in [2.24, 2.45) is 0 Å². The van der Waals surface area contributed by atoms with E-state index in [1.54, 1.807) is 0 Å². The fraction of sp³-hybridized carbons (Fsp3) is 0.492. The molecule has 0 fully saturated rings. The molecule has 0 aliphatic carbocycles. The molecule has 0 N–H and O–H groups in total. The minimum absolute atomic E-state index is 0.00503. The molecule has 0 rings (SSSR count). The molecule has 0 amide bonds. The Labute approximate surface area is 417 Å². The van der Waals surface area contributed by atoms with Gasteiger partial charge in [0.25, 0.3) is 0 Å². The molecule has 68 heavy (non-hydrogen) atoms. The second-order valence-electron chi connectivity index (χ2n) is 16.3. The SMILES string of the molecule is CC/C=C\C/C=C\C/C=C\C/C=C\C/C=C\C/C=C\CCC(=O)OCC(COCCCCC/C=C\C/C=C\C/C=C\C/C=C\CC)OC(=O)CCC/C=C\C/C=C\C/C=C\C/C=C\C/C=C\CC. The Bertz CT molecular complexity index is 1620. The van der Waals surface area contributed by atoms with Crippen LogP contribution < -0.4 is 0 Å². The van der Waals surface area contributed by atoms with Gasteiger partial charge in [-0.2, -0.15) is 0 Å². The van der Waals surface area contributed by atoms with Gasteiger partial charge >= 0.3 is 11.9 Å². The van der Waals surface area contributed by atoms with Crippen molar-refractivity contribution in [2.75, 3.05) is 19.8 Å². The van der Waals surface area contributed by atoms with E-state index in [1.807, 2.05) is 6.08 Å². The van der Waals surface area contributed by atoms with Gasteiger partial charge in [-0.3, -0.25) is 9.59 Å². The molecule has 0 heterocycles. The normalized spacial score (nSPS) is 13.8. The summed E-state index contributed by atoms with van der Waals surface area (Å²) in [6.07, 6.45) is 86.4. The molecular weight excluding hydrogens is 837 g/mol. The molecule has 0 aromatic carbocycles. The number of hydrogen-bond donors (Lipinski definition) is 0. The van der Waals surface area contributed by atoms with Crippen molar-refractivity contribution in [3.63, 3.8) is 0 Å². The molecule has 0 aromatic rings. The van der Waals surface area contributed by atoms with Crippen molar-refractivity contribution < 1.29 is 23.8 Å². The molecule has 0 radical (unpaired) electrons. The highest BCUT2D eigenvalue weighted by molar-refractivity contribution is 5.70. The Morgan fingerprint density at radius 2 is 0.647 bits per heavy atom. The Morgan fingerprint density at radius 1 is 0.324 bits per heavy atom. The number of carbonyl (C=O) groups is 2. The molecule has 376 valence electrons. The summed E-state index contributed by atoms with van der Waals surface area (Å²) in [5, 5.41) is 0. The van der Waals surface area contributed by atoms with Gasteiger partial charge in [0, 0.05) is 19.4 Å². The van der Waals surface area contributed by atoms with Crippen LogP contribution in [0.5, 0.6) is 0 Å². The number of hydrogen-bond acceptors (Lipinski definition) is 5. The van der Waals surface area contributed by atoms with E-state index in [9.17, 15) is 9.59 Å². The van der Waals surface area contributed by atoms with Gasteiger partial charge in [0.1, 0.15) is 6.61 Å². The smallest absolute Gasteiger partial charge is 0.306 e. The zero-order chi connectivity index (χ0) is 49.2. The molecule has 0 aliphatic rings. The zero-order valence-electron chi connectivity index (χ0n) is 43.0. The number of esters is 2. The number of allylic oxidation sites excluding steroid dienone is 30. The van der Waals surface area contributed by atoms with Crippen LogP contribution in [0.4, 0.5) is 0 Å². The van der Waals surface area contributed by atoms with E-state index in [0.29, 0.717) is 25.9 Å². The van der Waals surface area contributed by atoms with Crippen LogP contribution in [0, 0.1) is 0 Å². The summed E-state index contributed by atoms with van der Waals surface area (Å²) in [6, 6.07) is 0. The molecule has 0 aliphatic heterocycles. The van der Waals surface area contributed by atoms with E-state index in [1.165, 1.54) is 0 Å². The van der Waals surface area contributed by atoms with Crippen molar-refractivity contribution in [2.45, 2.75) is 181 Å². The van der Waals surface area contributed by atoms with Crippen LogP contribution in [0.15, 0.2) is 182 Å². The van der Waals surface area contributed by atoms with Gasteiger partial charge in [0.2, 0.25) is 0 Å². The van der Waals surface area contributed by atoms with Gasteiger partial charge in [0.15, 0.2) is 6.10 Å². The van der Waals surface area contributed by atoms with Crippen LogP contribution in [0.25, 0.3) is 0 Å². The first kappa shape index (κ1) is 63.0. The Kier molecular flexibility index (Phi) is 52.2. The summed E-state index contributed by atoms with van der Waals surface area (Å²) in [4.78, 5) is 25.4. The van der Waals surface area contributed by atoms with E-state index >= 15 is 0 Å². The van der Waals surface area contributed by atoms with E-state index in [0.717, 1.165) is 128 Å². The number of ether oxygens (including phenoxy) is 3. The third-order valence-electron chi connectivity index (χ3n) is 9.93. The van der Waals surface area contributed by atoms with Crippen LogP contribution >= 0.6 is 0 Å². The summed E-state index contributed by atoms with van der Waals surface area (Å²) in [5.41, 5.74) is 0. The molecule has 0 bridgehead atoms. The summed E-state index contributed by atoms with van der Waals surface area (Å²) in [7, 11) is 0. The quantitative estimate of drug-likeness (QED) is 0.0346. The van der Waals surface area contributed by atoms with E-state index in [-0.39, 0.29) is 31.6 Å². The van der Waals surface area contributed by atoms with Gasteiger partial charge in [-0.1, -0.05) is 209 Å². The topological polar surface area (TPSA) is 61.8 Å². The summed E-state index contributed by atoms with van der Waals surface area (Å²) < 4.78 is 17.3. The lowest BCUT2D eigenvalue weighted by Crippen LogP contribution is -2.30. The lowest BCUT2D eigenvalue weighted by Gasteiger charge is -2.18. The van der Waals surface area contributed by atoms with Gasteiger partial charge in [-0.25, -0.2) is 0 Å². The van der Waals surface area contributed by atoms with Gasteiger partial charge < -0.3 is 14.2 Å². The second kappa shape index (κ2) is 56.3. The largest absolute Gasteiger partial charge is 0.462 e. The van der Waals surface area contributed by atoms with Gasteiger partial charge in [0.05, 0.1) is 6.61 Å². The highest BCUT2D eigenvalue weighted by Crippen LogP contribution is 2.08.